The summed E-state index contributed by atoms with van der Waals surface area (Å²) in [6.07, 6.45) is 2.59. The lowest BCUT2D eigenvalue weighted by Gasteiger charge is -2.17. The molecule has 28 heavy (non-hydrogen) atoms. The largest absolute Gasteiger partial charge is 0.443 e. The van der Waals surface area contributed by atoms with E-state index in [1.54, 1.807) is 0 Å². The molecular weight excluding hydrogens is 368 g/mol. The lowest BCUT2D eigenvalue weighted by molar-refractivity contribution is 0.406. The molecule has 0 aliphatic heterocycles. The normalized spacial score (nSPS) is 11.9. The maximum atomic E-state index is 9.61. The number of aryl methyl sites for hydroxylation is 2. The van der Waals surface area contributed by atoms with Crippen LogP contribution in [-0.2, 0) is 6.42 Å². The molecule has 5 nitrogen and oxygen atoms in total. The average Bonchev–Trinajstić information content (AvgIpc) is 2.95. The van der Waals surface area contributed by atoms with Crippen LogP contribution in [0.3, 0.4) is 0 Å². The van der Waals surface area contributed by atoms with Crippen molar-refractivity contribution < 1.29 is 4.74 Å². The Kier molecular flexibility index (Phi) is 6.84. The number of aromatic nitrogens is 1. The van der Waals surface area contributed by atoms with E-state index in [1.807, 2.05) is 39.4 Å². The standard InChI is InChI=1S/C22H30N4OS/c1-14(2)26(8)13-24-18-9-16(4)20(10-15(18)3)27-21-17(12-23)19(25-28-21)11-22(5,6)7/h9-10,13-14H,11H2,1-8H3/b24-13-. The fourth-order valence-corrected chi connectivity index (χ4v) is 3.25. The molecule has 0 amide bonds. The van der Waals surface area contributed by atoms with Crippen molar-refractivity contribution in [2.24, 2.45) is 10.4 Å². The van der Waals surface area contributed by atoms with E-state index in [-0.39, 0.29) is 5.41 Å². The van der Waals surface area contributed by atoms with Gasteiger partial charge < -0.3 is 9.64 Å². The number of hydrogen-bond acceptors (Lipinski definition) is 5. The molecule has 0 spiro atoms. The summed E-state index contributed by atoms with van der Waals surface area (Å²) < 4.78 is 10.6. The Balaban J connectivity index is 2.29. The van der Waals surface area contributed by atoms with Gasteiger partial charge in [-0.15, -0.1) is 0 Å². The van der Waals surface area contributed by atoms with Crippen LogP contribution in [0.5, 0.6) is 10.8 Å². The number of benzene rings is 1. The fraction of sp³-hybridized carbons (Fsp3) is 0.500. The Morgan fingerprint density at radius 1 is 1.29 bits per heavy atom. The van der Waals surface area contributed by atoms with E-state index in [0.717, 1.165) is 34.7 Å². The van der Waals surface area contributed by atoms with Crippen LogP contribution in [0.1, 0.15) is 57.0 Å². The van der Waals surface area contributed by atoms with Gasteiger partial charge >= 0.3 is 0 Å². The van der Waals surface area contributed by atoms with Gasteiger partial charge in [-0.1, -0.05) is 20.8 Å². The summed E-state index contributed by atoms with van der Waals surface area (Å²) in [7, 11) is 2.01. The van der Waals surface area contributed by atoms with Gasteiger partial charge in [0.2, 0.25) is 5.06 Å². The second kappa shape index (κ2) is 8.74. The first kappa shape index (κ1) is 21.9. The van der Waals surface area contributed by atoms with Crippen LogP contribution in [0, 0.1) is 30.6 Å². The number of ether oxygens (including phenoxy) is 1. The molecule has 0 saturated carbocycles. The quantitative estimate of drug-likeness (QED) is 0.441. The van der Waals surface area contributed by atoms with Crippen molar-refractivity contribution in [1.29, 1.82) is 5.26 Å². The van der Waals surface area contributed by atoms with Crippen molar-refractivity contribution in [3.63, 3.8) is 0 Å². The van der Waals surface area contributed by atoms with E-state index >= 15 is 0 Å². The van der Waals surface area contributed by atoms with Gasteiger partial charge in [-0.25, -0.2) is 4.99 Å². The van der Waals surface area contributed by atoms with Gasteiger partial charge in [-0.05, 0) is 62.8 Å². The third-order valence-electron chi connectivity index (χ3n) is 4.43. The molecule has 1 aromatic heterocycles. The van der Waals surface area contributed by atoms with Crippen molar-refractivity contribution in [2.45, 2.75) is 60.9 Å². The second-order valence-electron chi connectivity index (χ2n) is 8.65. The van der Waals surface area contributed by atoms with Crippen LogP contribution >= 0.6 is 11.5 Å². The number of nitrogens with zero attached hydrogens (tertiary/aromatic N) is 4. The highest BCUT2D eigenvalue weighted by Gasteiger charge is 2.21. The third kappa shape index (κ3) is 5.56. The third-order valence-corrected chi connectivity index (χ3v) is 5.20. The summed E-state index contributed by atoms with van der Waals surface area (Å²) in [5, 5.41) is 10.2. The van der Waals surface area contributed by atoms with E-state index in [9.17, 15) is 5.26 Å². The number of aliphatic imine (C=N–C) groups is 1. The van der Waals surface area contributed by atoms with Crippen LogP contribution in [0.15, 0.2) is 17.1 Å². The summed E-state index contributed by atoms with van der Waals surface area (Å²) in [4.78, 5) is 6.66. The zero-order valence-corrected chi connectivity index (χ0v) is 18.9. The summed E-state index contributed by atoms with van der Waals surface area (Å²) in [6.45, 7) is 14.7. The van der Waals surface area contributed by atoms with Crippen molar-refractivity contribution in [3.05, 3.63) is 34.5 Å². The Bertz CT molecular complexity index is 900. The van der Waals surface area contributed by atoms with Crippen LogP contribution in [0.2, 0.25) is 0 Å². The topological polar surface area (TPSA) is 61.5 Å². The molecule has 6 heteroatoms. The molecule has 0 saturated heterocycles. The molecule has 2 aromatic rings. The Morgan fingerprint density at radius 2 is 1.96 bits per heavy atom. The SMILES string of the molecule is Cc1cc(Oc2snc(CC(C)(C)C)c2C#N)c(C)cc1/N=C\N(C)C(C)C. The van der Waals surface area contributed by atoms with Gasteiger partial charge in [0, 0.05) is 24.6 Å². The average molecular weight is 399 g/mol. The lowest BCUT2D eigenvalue weighted by atomic mass is 9.89. The minimum absolute atomic E-state index is 0.0618. The molecule has 0 unspecified atom stereocenters. The maximum absolute atomic E-state index is 9.61. The highest BCUT2D eigenvalue weighted by Crippen LogP contribution is 2.37. The lowest BCUT2D eigenvalue weighted by Crippen LogP contribution is -2.24. The van der Waals surface area contributed by atoms with Gasteiger partial charge in [0.1, 0.15) is 17.4 Å². The van der Waals surface area contributed by atoms with Gasteiger partial charge in [-0.3, -0.25) is 0 Å². The Hall–Kier alpha value is -2.39. The minimum atomic E-state index is 0.0618. The summed E-state index contributed by atoms with van der Waals surface area (Å²) >= 11 is 1.24. The molecule has 0 atom stereocenters. The van der Waals surface area contributed by atoms with Crippen molar-refractivity contribution in [2.75, 3.05) is 7.05 Å². The highest BCUT2D eigenvalue weighted by molar-refractivity contribution is 7.08. The van der Waals surface area contributed by atoms with Crippen LogP contribution in [0.4, 0.5) is 5.69 Å². The number of nitriles is 1. The van der Waals surface area contributed by atoms with Crippen LogP contribution in [0.25, 0.3) is 0 Å². The van der Waals surface area contributed by atoms with E-state index < -0.39 is 0 Å². The highest BCUT2D eigenvalue weighted by atomic mass is 32.1. The molecule has 0 fully saturated rings. The smallest absolute Gasteiger partial charge is 0.218 e. The predicted molar refractivity (Wildman–Crippen MR) is 117 cm³/mol. The number of rotatable bonds is 6. The van der Waals surface area contributed by atoms with Gasteiger partial charge in [0.05, 0.1) is 17.7 Å². The summed E-state index contributed by atoms with van der Waals surface area (Å²) in [5.74, 6) is 0.733. The molecule has 0 aliphatic carbocycles. The Morgan fingerprint density at radius 3 is 2.54 bits per heavy atom. The van der Waals surface area contributed by atoms with Crippen molar-refractivity contribution >= 4 is 23.6 Å². The molecule has 1 heterocycles. The van der Waals surface area contributed by atoms with Gasteiger partial charge in [0.25, 0.3) is 0 Å². The maximum Gasteiger partial charge on any atom is 0.218 e. The van der Waals surface area contributed by atoms with E-state index in [2.05, 4.69) is 55.0 Å². The zero-order valence-electron chi connectivity index (χ0n) is 18.1. The van der Waals surface area contributed by atoms with Gasteiger partial charge in [0.15, 0.2) is 0 Å². The van der Waals surface area contributed by atoms with E-state index in [1.165, 1.54) is 11.5 Å². The van der Waals surface area contributed by atoms with Gasteiger partial charge in [-0.2, -0.15) is 9.64 Å². The monoisotopic (exact) mass is 398 g/mol. The van der Waals surface area contributed by atoms with Crippen LogP contribution < -0.4 is 4.74 Å². The molecule has 2 rings (SSSR count). The molecule has 1 aromatic carbocycles. The van der Waals surface area contributed by atoms with E-state index in [4.69, 9.17) is 4.74 Å². The minimum Gasteiger partial charge on any atom is -0.443 e. The summed E-state index contributed by atoms with van der Waals surface area (Å²) in [5.41, 5.74) is 4.31. The molecule has 0 bridgehead atoms. The molecule has 0 radical (unpaired) electrons. The van der Waals surface area contributed by atoms with Crippen molar-refractivity contribution in [1.82, 2.24) is 9.27 Å². The molecule has 0 aliphatic rings. The Labute approximate surface area is 172 Å². The molecule has 0 N–H and O–H groups in total. The first-order valence-corrected chi connectivity index (χ1v) is 10.2. The first-order chi connectivity index (χ1) is 13.0. The molecule has 150 valence electrons. The molecular formula is C22H30N4OS. The van der Waals surface area contributed by atoms with E-state index in [0.29, 0.717) is 16.7 Å². The van der Waals surface area contributed by atoms with Crippen molar-refractivity contribution in [3.8, 4) is 16.9 Å². The van der Waals surface area contributed by atoms with Crippen LogP contribution in [-0.4, -0.2) is 28.7 Å². The zero-order chi connectivity index (χ0) is 21.1. The fourth-order valence-electron chi connectivity index (χ4n) is 2.52. The predicted octanol–water partition coefficient (Wildman–Crippen LogP) is 6.01. The second-order valence-corrected chi connectivity index (χ2v) is 9.39. The number of hydrogen-bond donors (Lipinski definition) is 0. The first-order valence-electron chi connectivity index (χ1n) is 9.45. The summed E-state index contributed by atoms with van der Waals surface area (Å²) in [6, 6.07) is 6.65.